The lowest BCUT2D eigenvalue weighted by Gasteiger charge is -2.09. The van der Waals surface area contributed by atoms with Gasteiger partial charge in [0.1, 0.15) is 12.7 Å². The Hall–Kier alpha value is -1.96. The Labute approximate surface area is 133 Å². The van der Waals surface area contributed by atoms with Gasteiger partial charge in [0.2, 0.25) is 11.2 Å². The van der Waals surface area contributed by atoms with E-state index in [1.165, 1.54) is 17.3 Å². The fourth-order valence-corrected chi connectivity index (χ4v) is 2.19. The van der Waals surface area contributed by atoms with Crippen LogP contribution in [0.5, 0.6) is 0 Å². The van der Waals surface area contributed by atoms with Gasteiger partial charge >= 0.3 is 0 Å². The van der Waals surface area contributed by atoms with E-state index < -0.39 is 0 Å². The summed E-state index contributed by atoms with van der Waals surface area (Å²) in [5.41, 5.74) is 0.479. The lowest BCUT2D eigenvalue weighted by Crippen LogP contribution is -2.07. The highest BCUT2D eigenvalue weighted by molar-refractivity contribution is 6.39. The molecule has 1 N–H and O–H groups in total. The molecule has 0 fully saturated rings. The summed E-state index contributed by atoms with van der Waals surface area (Å²) >= 11 is 18.0. The number of rotatable bonds is 3. The van der Waals surface area contributed by atoms with Crippen molar-refractivity contribution in [3.63, 3.8) is 0 Å². The molecule has 106 valence electrons. The summed E-state index contributed by atoms with van der Waals surface area (Å²) in [6.07, 6.45) is 2.80. The average molecular weight is 343 g/mol. The van der Waals surface area contributed by atoms with E-state index in [2.05, 4.69) is 30.4 Å². The van der Waals surface area contributed by atoms with E-state index in [0.717, 1.165) is 0 Å². The van der Waals surface area contributed by atoms with Gasteiger partial charge in [-0.25, -0.2) is 4.98 Å². The molecule has 0 unspecified atom stereocenters. The molecule has 2 aromatic heterocycles. The number of hydrogen-bond acceptors (Lipinski definition) is 6. The van der Waals surface area contributed by atoms with Gasteiger partial charge in [0, 0.05) is 0 Å². The molecule has 3 aromatic rings. The lowest BCUT2D eigenvalue weighted by atomic mass is 10.3. The molecule has 0 aliphatic carbocycles. The van der Waals surface area contributed by atoms with Crippen LogP contribution in [-0.4, -0.2) is 29.7 Å². The number of benzene rings is 1. The Morgan fingerprint density at radius 2 is 1.76 bits per heavy atom. The summed E-state index contributed by atoms with van der Waals surface area (Å²) in [6.45, 7) is 0. The predicted molar refractivity (Wildman–Crippen MR) is 79.5 cm³/mol. The predicted octanol–water partition coefficient (Wildman–Crippen LogP) is 3.16. The molecule has 0 saturated heterocycles. The van der Waals surface area contributed by atoms with E-state index >= 15 is 0 Å². The van der Waals surface area contributed by atoms with Crippen LogP contribution in [0.4, 0.5) is 11.6 Å². The van der Waals surface area contributed by atoms with Crippen molar-refractivity contribution in [2.24, 2.45) is 0 Å². The zero-order valence-electron chi connectivity index (χ0n) is 10.2. The van der Waals surface area contributed by atoms with E-state index in [1.54, 1.807) is 18.2 Å². The number of anilines is 2. The number of para-hydroxylation sites is 1. The fourth-order valence-electron chi connectivity index (χ4n) is 1.54. The van der Waals surface area contributed by atoms with Gasteiger partial charge in [0.05, 0.1) is 15.7 Å². The first-order valence-corrected chi connectivity index (χ1v) is 6.74. The van der Waals surface area contributed by atoms with Crippen LogP contribution in [0.3, 0.4) is 0 Å². The van der Waals surface area contributed by atoms with Crippen LogP contribution < -0.4 is 5.32 Å². The molecule has 10 heteroatoms. The topological polar surface area (TPSA) is 81.4 Å². The Morgan fingerprint density at radius 3 is 2.43 bits per heavy atom. The van der Waals surface area contributed by atoms with Crippen molar-refractivity contribution in [2.45, 2.75) is 0 Å². The number of nitrogens with zero attached hydrogens (tertiary/aromatic N) is 6. The quantitative estimate of drug-likeness (QED) is 0.787. The fraction of sp³-hybridized carbons (Fsp3) is 0. The molecule has 7 nitrogen and oxygen atoms in total. The van der Waals surface area contributed by atoms with Crippen LogP contribution in [0, 0.1) is 0 Å². The third kappa shape index (κ3) is 3.05. The first-order valence-electron chi connectivity index (χ1n) is 5.61. The Balaban J connectivity index is 2.00. The summed E-state index contributed by atoms with van der Waals surface area (Å²) < 4.78 is 1.35. The molecule has 0 radical (unpaired) electrons. The summed E-state index contributed by atoms with van der Waals surface area (Å²) in [7, 11) is 0. The van der Waals surface area contributed by atoms with Gasteiger partial charge in [-0.1, -0.05) is 29.3 Å². The SMILES string of the molecule is Clc1nc(Nc2c(Cl)cccc2Cl)nc(-n2cncn2)n1. The summed E-state index contributed by atoms with van der Waals surface area (Å²) in [5, 5.41) is 7.70. The van der Waals surface area contributed by atoms with Crippen molar-refractivity contribution in [3.05, 3.63) is 46.2 Å². The number of aromatic nitrogens is 6. The van der Waals surface area contributed by atoms with Gasteiger partial charge < -0.3 is 5.32 Å². The van der Waals surface area contributed by atoms with Gasteiger partial charge in [-0.05, 0) is 23.7 Å². The highest BCUT2D eigenvalue weighted by atomic mass is 35.5. The Kier molecular flexibility index (Phi) is 3.87. The normalized spacial score (nSPS) is 10.6. The lowest BCUT2D eigenvalue weighted by molar-refractivity contribution is 0.796. The van der Waals surface area contributed by atoms with Gasteiger partial charge in [-0.15, -0.1) is 0 Å². The van der Waals surface area contributed by atoms with Crippen molar-refractivity contribution in [1.82, 2.24) is 29.7 Å². The molecule has 0 aliphatic heterocycles. The first kappa shape index (κ1) is 14.0. The van der Waals surface area contributed by atoms with E-state index in [9.17, 15) is 0 Å². The van der Waals surface area contributed by atoms with Crippen LogP contribution in [0.2, 0.25) is 15.3 Å². The molecule has 0 aliphatic rings. The number of halogens is 3. The van der Waals surface area contributed by atoms with Crippen LogP contribution in [0.15, 0.2) is 30.9 Å². The van der Waals surface area contributed by atoms with Crippen molar-refractivity contribution in [3.8, 4) is 5.95 Å². The second kappa shape index (κ2) is 5.80. The minimum Gasteiger partial charge on any atom is -0.321 e. The molecule has 21 heavy (non-hydrogen) atoms. The summed E-state index contributed by atoms with van der Waals surface area (Å²) in [5.74, 6) is 0.411. The van der Waals surface area contributed by atoms with Gasteiger partial charge in [-0.2, -0.15) is 24.7 Å². The second-order valence-electron chi connectivity index (χ2n) is 3.79. The molecule has 0 spiro atoms. The molecular weight excluding hydrogens is 337 g/mol. The highest BCUT2D eigenvalue weighted by Gasteiger charge is 2.11. The Bertz CT molecular complexity index is 755. The maximum atomic E-state index is 6.08. The van der Waals surface area contributed by atoms with Crippen LogP contribution in [0.1, 0.15) is 0 Å². The first-order chi connectivity index (χ1) is 10.1. The Morgan fingerprint density at radius 1 is 1.00 bits per heavy atom. The molecule has 1 aromatic carbocycles. The van der Waals surface area contributed by atoms with Gasteiger partial charge in [-0.3, -0.25) is 0 Å². The number of nitrogens with one attached hydrogen (secondary N) is 1. The molecule has 2 heterocycles. The van der Waals surface area contributed by atoms with E-state index in [1.807, 2.05) is 0 Å². The largest absolute Gasteiger partial charge is 0.321 e. The molecule has 0 atom stereocenters. The monoisotopic (exact) mass is 341 g/mol. The maximum Gasteiger partial charge on any atom is 0.258 e. The van der Waals surface area contributed by atoms with Crippen molar-refractivity contribution < 1.29 is 0 Å². The van der Waals surface area contributed by atoms with Crippen molar-refractivity contribution in [2.75, 3.05) is 5.32 Å². The van der Waals surface area contributed by atoms with Crippen LogP contribution in [0.25, 0.3) is 5.95 Å². The zero-order valence-corrected chi connectivity index (χ0v) is 12.5. The molecule has 0 saturated carbocycles. The smallest absolute Gasteiger partial charge is 0.258 e. The third-order valence-electron chi connectivity index (χ3n) is 2.42. The second-order valence-corrected chi connectivity index (χ2v) is 4.94. The average Bonchev–Trinajstić information content (AvgIpc) is 2.97. The molecular formula is C11H6Cl3N7. The zero-order chi connectivity index (χ0) is 14.8. The highest BCUT2D eigenvalue weighted by Crippen LogP contribution is 2.31. The molecule has 0 bridgehead atoms. The minimum atomic E-state index is 0.00109. The summed E-state index contributed by atoms with van der Waals surface area (Å²) in [6, 6.07) is 5.12. The number of hydrogen-bond donors (Lipinski definition) is 1. The standard InChI is InChI=1S/C11H6Cl3N7/c12-6-2-1-3-7(13)8(6)17-10-18-9(14)19-11(20-10)21-5-15-4-16-21/h1-5H,(H,17,18,19,20). The van der Waals surface area contributed by atoms with Crippen molar-refractivity contribution in [1.29, 1.82) is 0 Å². The van der Waals surface area contributed by atoms with Gasteiger partial charge in [0.25, 0.3) is 5.95 Å². The summed E-state index contributed by atoms with van der Waals surface area (Å²) in [4.78, 5) is 15.9. The van der Waals surface area contributed by atoms with Crippen LogP contribution >= 0.6 is 34.8 Å². The molecule has 0 amide bonds. The third-order valence-corrected chi connectivity index (χ3v) is 3.22. The van der Waals surface area contributed by atoms with E-state index in [4.69, 9.17) is 34.8 Å². The van der Waals surface area contributed by atoms with E-state index in [0.29, 0.717) is 15.7 Å². The molecule has 3 rings (SSSR count). The van der Waals surface area contributed by atoms with Crippen molar-refractivity contribution >= 4 is 46.4 Å². The van der Waals surface area contributed by atoms with Gasteiger partial charge in [0.15, 0.2) is 0 Å². The maximum absolute atomic E-state index is 6.08. The van der Waals surface area contributed by atoms with E-state index in [-0.39, 0.29) is 17.2 Å². The minimum absolute atomic E-state index is 0.00109. The van der Waals surface area contributed by atoms with Crippen LogP contribution in [-0.2, 0) is 0 Å².